The van der Waals surface area contributed by atoms with Gasteiger partial charge in [0.1, 0.15) is 18.1 Å². The van der Waals surface area contributed by atoms with E-state index in [-0.39, 0.29) is 18.0 Å². The number of carbonyl (C=O) groups is 1. The molecule has 4 aromatic rings. The van der Waals surface area contributed by atoms with E-state index in [1.807, 2.05) is 48.5 Å². The van der Waals surface area contributed by atoms with Gasteiger partial charge >= 0.3 is 0 Å². The number of nitrogens with one attached hydrogen (secondary N) is 2. The summed E-state index contributed by atoms with van der Waals surface area (Å²) < 4.78 is 6.40. The zero-order chi connectivity index (χ0) is 21.6. The highest BCUT2D eigenvalue weighted by Gasteiger charge is 2.09. The van der Waals surface area contributed by atoms with Gasteiger partial charge in [0.2, 0.25) is 5.91 Å². The average Bonchev–Trinajstić information content (AvgIpc) is 3.21. The first-order valence-corrected chi connectivity index (χ1v) is 10.1. The molecule has 8 nitrogen and oxygen atoms in total. The third kappa shape index (κ3) is 4.98. The number of ether oxygens (including phenoxy) is 1. The zero-order valence-corrected chi connectivity index (χ0v) is 17.2. The van der Waals surface area contributed by atoms with Crippen LogP contribution in [-0.2, 0) is 17.8 Å². The van der Waals surface area contributed by atoms with Crippen LogP contribution in [0.1, 0.15) is 12.2 Å². The maximum Gasteiger partial charge on any atom is 0.267 e. The lowest BCUT2D eigenvalue weighted by atomic mass is 10.1. The molecule has 0 unspecified atom stereocenters. The van der Waals surface area contributed by atoms with Gasteiger partial charge in [-0.3, -0.25) is 9.59 Å². The maximum absolute atomic E-state index is 12.3. The van der Waals surface area contributed by atoms with Crippen molar-refractivity contribution in [2.75, 3.05) is 13.7 Å². The SMILES string of the molecule is COc1cccc(-c2ccc(=O)n(CC(=O)NCCCc3nc4ccccc4[nH]3)n2)c1. The number of amides is 1. The second kappa shape index (κ2) is 9.25. The van der Waals surface area contributed by atoms with Gasteiger partial charge in [0, 0.05) is 24.6 Å². The molecule has 2 aromatic carbocycles. The minimum Gasteiger partial charge on any atom is -0.497 e. The van der Waals surface area contributed by atoms with Crippen molar-refractivity contribution in [3.05, 3.63) is 76.8 Å². The van der Waals surface area contributed by atoms with E-state index >= 15 is 0 Å². The van der Waals surface area contributed by atoms with Gasteiger partial charge in [-0.25, -0.2) is 9.67 Å². The Morgan fingerprint density at radius 2 is 2.00 bits per heavy atom. The van der Waals surface area contributed by atoms with Crippen LogP contribution in [0, 0.1) is 0 Å². The van der Waals surface area contributed by atoms with Crippen LogP contribution < -0.4 is 15.6 Å². The minimum absolute atomic E-state index is 0.138. The smallest absolute Gasteiger partial charge is 0.267 e. The molecule has 158 valence electrons. The van der Waals surface area contributed by atoms with Gasteiger partial charge in [0.25, 0.3) is 5.56 Å². The summed E-state index contributed by atoms with van der Waals surface area (Å²) in [4.78, 5) is 32.3. The summed E-state index contributed by atoms with van der Waals surface area (Å²) in [6.07, 6.45) is 1.45. The van der Waals surface area contributed by atoms with Crippen LogP contribution in [0.5, 0.6) is 5.75 Å². The molecule has 0 aliphatic carbocycles. The number of carbonyl (C=O) groups excluding carboxylic acids is 1. The van der Waals surface area contributed by atoms with Crippen LogP contribution in [0.2, 0.25) is 0 Å². The highest BCUT2D eigenvalue weighted by molar-refractivity contribution is 5.76. The molecule has 0 saturated heterocycles. The first-order chi connectivity index (χ1) is 15.1. The Labute approximate surface area is 178 Å². The van der Waals surface area contributed by atoms with Gasteiger partial charge in [0.15, 0.2) is 0 Å². The molecular formula is C23H23N5O3. The monoisotopic (exact) mass is 417 g/mol. The van der Waals surface area contributed by atoms with Crippen LogP contribution >= 0.6 is 0 Å². The Balaban J connectivity index is 1.33. The number of hydrogen-bond donors (Lipinski definition) is 2. The lowest BCUT2D eigenvalue weighted by Gasteiger charge is -2.09. The van der Waals surface area contributed by atoms with Crippen molar-refractivity contribution in [3.8, 4) is 17.0 Å². The summed E-state index contributed by atoms with van der Waals surface area (Å²) >= 11 is 0. The fraction of sp³-hybridized carbons (Fsp3) is 0.217. The van der Waals surface area contributed by atoms with E-state index in [1.165, 1.54) is 10.7 Å². The number of methoxy groups -OCH3 is 1. The first-order valence-electron chi connectivity index (χ1n) is 10.1. The number of aromatic amines is 1. The number of H-pyrrole nitrogens is 1. The Morgan fingerprint density at radius 1 is 1.13 bits per heavy atom. The Kier molecular flexibility index (Phi) is 6.07. The first kappa shape index (κ1) is 20.3. The zero-order valence-electron chi connectivity index (χ0n) is 17.2. The van der Waals surface area contributed by atoms with E-state index in [2.05, 4.69) is 20.4 Å². The van der Waals surface area contributed by atoms with Gasteiger partial charge in [-0.2, -0.15) is 5.10 Å². The summed E-state index contributed by atoms with van der Waals surface area (Å²) in [5.74, 6) is 1.32. The number of hydrogen-bond acceptors (Lipinski definition) is 5. The van der Waals surface area contributed by atoms with E-state index in [4.69, 9.17) is 4.74 Å². The third-order valence-electron chi connectivity index (χ3n) is 4.88. The summed E-state index contributed by atoms with van der Waals surface area (Å²) in [5.41, 5.74) is 3.01. The molecule has 0 saturated carbocycles. The van der Waals surface area contributed by atoms with Gasteiger partial charge in [-0.1, -0.05) is 24.3 Å². The van der Waals surface area contributed by atoms with E-state index in [1.54, 1.807) is 13.2 Å². The largest absolute Gasteiger partial charge is 0.497 e. The van der Waals surface area contributed by atoms with Gasteiger partial charge in [-0.05, 0) is 36.8 Å². The molecule has 0 aliphatic heterocycles. The molecule has 2 N–H and O–H groups in total. The predicted octanol–water partition coefficient (Wildman–Crippen LogP) is 2.54. The van der Waals surface area contributed by atoms with Crippen LogP contribution in [0.25, 0.3) is 22.3 Å². The Morgan fingerprint density at radius 3 is 2.84 bits per heavy atom. The number of benzene rings is 2. The molecule has 2 aromatic heterocycles. The number of rotatable bonds is 8. The van der Waals surface area contributed by atoms with Gasteiger partial charge in [-0.15, -0.1) is 0 Å². The number of aromatic nitrogens is 4. The summed E-state index contributed by atoms with van der Waals surface area (Å²) in [5, 5.41) is 7.17. The fourth-order valence-corrected chi connectivity index (χ4v) is 3.30. The quantitative estimate of drug-likeness (QED) is 0.429. The van der Waals surface area contributed by atoms with Crippen molar-refractivity contribution >= 4 is 16.9 Å². The van der Waals surface area contributed by atoms with Crippen molar-refractivity contribution in [2.45, 2.75) is 19.4 Å². The van der Waals surface area contributed by atoms with Crippen molar-refractivity contribution in [1.82, 2.24) is 25.1 Å². The predicted molar refractivity (Wildman–Crippen MR) is 118 cm³/mol. The average molecular weight is 417 g/mol. The van der Waals surface area contributed by atoms with Crippen molar-refractivity contribution in [2.24, 2.45) is 0 Å². The lowest BCUT2D eigenvalue weighted by Crippen LogP contribution is -2.34. The van der Waals surface area contributed by atoms with Crippen molar-refractivity contribution < 1.29 is 9.53 Å². The van der Waals surface area contributed by atoms with E-state index < -0.39 is 0 Å². The summed E-state index contributed by atoms with van der Waals surface area (Å²) in [6, 6.07) is 18.3. The van der Waals surface area contributed by atoms with Crippen LogP contribution in [0.15, 0.2) is 65.5 Å². The standard InChI is InChI=1S/C23H23N5O3/c1-31-17-7-4-6-16(14-17)18-11-12-23(30)28(27-18)15-22(29)24-13-5-10-21-25-19-8-2-3-9-20(19)26-21/h2-4,6-9,11-12,14H,5,10,13,15H2,1H3,(H,24,29)(H,25,26). The molecule has 0 spiro atoms. The topological polar surface area (TPSA) is 102 Å². The van der Waals surface area contributed by atoms with E-state index in [0.29, 0.717) is 18.0 Å². The maximum atomic E-state index is 12.3. The number of para-hydroxylation sites is 2. The second-order valence-electron chi connectivity index (χ2n) is 7.10. The van der Waals surface area contributed by atoms with E-state index in [0.717, 1.165) is 35.3 Å². The number of nitrogens with zero attached hydrogens (tertiary/aromatic N) is 3. The van der Waals surface area contributed by atoms with Crippen LogP contribution in [0.3, 0.4) is 0 Å². The molecule has 0 fully saturated rings. The highest BCUT2D eigenvalue weighted by Crippen LogP contribution is 2.21. The van der Waals surface area contributed by atoms with Crippen molar-refractivity contribution in [3.63, 3.8) is 0 Å². The summed E-state index contributed by atoms with van der Waals surface area (Å²) in [6.45, 7) is 0.349. The van der Waals surface area contributed by atoms with Crippen molar-refractivity contribution in [1.29, 1.82) is 0 Å². The second-order valence-corrected chi connectivity index (χ2v) is 7.10. The van der Waals surface area contributed by atoms with Gasteiger partial charge < -0.3 is 15.0 Å². The Bertz CT molecular complexity index is 1230. The third-order valence-corrected chi connectivity index (χ3v) is 4.88. The Hall–Kier alpha value is -3.94. The molecule has 1 amide bonds. The molecule has 0 aliphatic rings. The number of imidazole rings is 1. The molecule has 0 bridgehead atoms. The molecular weight excluding hydrogens is 394 g/mol. The van der Waals surface area contributed by atoms with Gasteiger partial charge in [0.05, 0.1) is 23.8 Å². The molecule has 31 heavy (non-hydrogen) atoms. The van der Waals surface area contributed by atoms with E-state index in [9.17, 15) is 9.59 Å². The summed E-state index contributed by atoms with van der Waals surface area (Å²) in [7, 11) is 1.59. The fourth-order valence-electron chi connectivity index (χ4n) is 3.30. The molecule has 2 heterocycles. The molecule has 0 radical (unpaired) electrons. The normalized spacial score (nSPS) is 10.9. The number of aryl methyl sites for hydroxylation is 1. The minimum atomic E-state index is -0.330. The molecule has 4 rings (SSSR count). The molecule has 0 atom stereocenters. The van der Waals surface area contributed by atoms with Crippen LogP contribution in [-0.4, -0.2) is 39.3 Å². The highest BCUT2D eigenvalue weighted by atomic mass is 16.5. The number of fused-ring (bicyclic) bond motifs is 1. The lowest BCUT2D eigenvalue weighted by molar-refractivity contribution is -0.121. The van der Waals surface area contributed by atoms with Crippen LogP contribution in [0.4, 0.5) is 0 Å². The molecule has 8 heteroatoms.